The van der Waals surface area contributed by atoms with Gasteiger partial charge in [-0.25, -0.2) is 4.79 Å². The molecule has 0 aliphatic carbocycles. The van der Waals surface area contributed by atoms with Crippen molar-refractivity contribution in [3.05, 3.63) is 45.3 Å². The molecule has 0 aromatic carbocycles. The highest BCUT2D eigenvalue weighted by Crippen LogP contribution is 2.07. The van der Waals surface area contributed by atoms with Crippen LogP contribution in [0, 0.1) is 0 Å². The standard InChI is InChI=1S/C14H21N3OS/c1-12(2)17-10-9-16(14(17)18)8-7-15-6-5-13-4-3-11-19-13/h3-4,9-12,15H,5-8H2,1-2H3. The van der Waals surface area contributed by atoms with E-state index >= 15 is 0 Å². The Morgan fingerprint density at radius 2 is 2.16 bits per heavy atom. The summed E-state index contributed by atoms with van der Waals surface area (Å²) < 4.78 is 3.52. The van der Waals surface area contributed by atoms with Crippen LogP contribution in [0.3, 0.4) is 0 Å². The average Bonchev–Trinajstić information content (AvgIpc) is 2.99. The summed E-state index contributed by atoms with van der Waals surface area (Å²) in [4.78, 5) is 13.4. The summed E-state index contributed by atoms with van der Waals surface area (Å²) in [6, 6.07) is 4.45. The Morgan fingerprint density at radius 1 is 1.32 bits per heavy atom. The van der Waals surface area contributed by atoms with Crippen LogP contribution in [0.4, 0.5) is 0 Å². The van der Waals surface area contributed by atoms with Gasteiger partial charge in [0.1, 0.15) is 0 Å². The van der Waals surface area contributed by atoms with Gasteiger partial charge in [-0.3, -0.25) is 9.13 Å². The molecule has 0 aliphatic rings. The van der Waals surface area contributed by atoms with Crippen LogP contribution in [-0.4, -0.2) is 22.2 Å². The molecule has 0 atom stereocenters. The predicted octanol–water partition coefficient (Wildman–Crippen LogP) is 2.12. The molecule has 0 radical (unpaired) electrons. The van der Waals surface area contributed by atoms with Gasteiger partial charge in [0.05, 0.1) is 0 Å². The lowest BCUT2D eigenvalue weighted by molar-refractivity contribution is 0.536. The summed E-state index contributed by atoms with van der Waals surface area (Å²) in [6.07, 6.45) is 4.78. The molecule has 0 saturated carbocycles. The zero-order valence-electron chi connectivity index (χ0n) is 11.5. The molecule has 0 bridgehead atoms. The van der Waals surface area contributed by atoms with Crippen molar-refractivity contribution in [2.75, 3.05) is 13.1 Å². The third kappa shape index (κ3) is 3.81. The fourth-order valence-electron chi connectivity index (χ4n) is 1.98. The van der Waals surface area contributed by atoms with Gasteiger partial charge in [0.2, 0.25) is 0 Å². The topological polar surface area (TPSA) is 39.0 Å². The Balaban J connectivity index is 1.72. The Labute approximate surface area is 117 Å². The molecule has 5 heteroatoms. The number of aromatic nitrogens is 2. The normalized spacial score (nSPS) is 11.3. The summed E-state index contributed by atoms with van der Waals surface area (Å²) in [5.74, 6) is 0. The Hall–Kier alpha value is -1.33. The fraction of sp³-hybridized carbons (Fsp3) is 0.500. The average molecular weight is 279 g/mol. The summed E-state index contributed by atoms with van der Waals surface area (Å²) in [5.41, 5.74) is 0.0788. The van der Waals surface area contributed by atoms with E-state index in [2.05, 4.69) is 22.8 Å². The first kappa shape index (κ1) is 14.1. The maximum Gasteiger partial charge on any atom is 0.328 e. The van der Waals surface area contributed by atoms with Crippen molar-refractivity contribution in [3.8, 4) is 0 Å². The highest BCUT2D eigenvalue weighted by molar-refractivity contribution is 7.09. The summed E-state index contributed by atoms with van der Waals surface area (Å²) in [6.45, 7) is 6.55. The molecule has 0 aliphatic heterocycles. The molecular weight excluding hydrogens is 258 g/mol. The summed E-state index contributed by atoms with van der Waals surface area (Å²) in [7, 11) is 0. The van der Waals surface area contributed by atoms with E-state index in [1.165, 1.54) is 4.88 Å². The van der Waals surface area contributed by atoms with E-state index in [4.69, 9.17) is 0 Å². The molecule has 2 aromatic rings. The molecule has 104 valence electrons. The lowest BCUT2D eigenvalue weighted by atomic mass is 10.3. The maximum absolute atomic E-state index is 12.0. The smallest absolute Gasteiger partial charge is 0.315 e. The molecule has 0 spiro atoms. The number of imidazole rings is 1. The highest BCUT2D eigenvalue weighted by Gasteiger charge is 2.05. The van der Waals surface area contributed by atoms with E-state index in [-0.39, 0.29) is 11.7 Å². The molecular formula is C14H21N3OS. The van der Waals surface area contributed by atoms with Gasteiger partial charge in [-0.15, -0.1) is 11.3 Å². The van der Waals surface area contributed by atoms with Crippen molar-refractivity contribution in [3.63, 3.8) is 0 Å². The quantitative estimate of drug-likeness (QED) is 0.789. The van der Waals surface area contributed by atoms with Gasteiger partial charge in [-0.1, -0.05) is 6.07 Å². The minimum atomic E-state index is 0.0788. The van der Waals surface area contributed by atoms with Gasteiger partial charge in [0.25, 0.3) is 0 Å². The number of thiophene rings is 1. The summed E-state index contributed by atoms with van der Waals surface area (Å²) >= 11 is 1.79. The Morgan fingerprint density at radius 3 is 2.79 bits per heavy atom. The highest BCUT2D eigenvalue weighted by atomic mass is 32.1. The van der Waals surface area contributed by atoms with Gasteiger partial charge in [-0.2, -0.15) is 0 Å². The first-order valence-electron chi connectivity index (χ1n) is 6.69. The zero-order valence-corrected chi connectivity index (χ0v) is 12.3. The first-order chi connectivity index (χ1) is 9.18. The number of rotatable bonds is 7. The van der Waals surface area contributed by atoms with E-state index in [1.54, 1.807) is 20.5 Å². The van der Waals surface area contributed by atoms with Crippen molar-refractivity contribution < 1.29 is 0 Å². The predicted molar refractivity (Wildman–Crippen MR) is 80.0 cm³/mol. The molecule has 0 saturated heterocycles. The fourth-order valence-corrected chi connectivity index (χ4v) is 2.69. The van der Waals surface area contributed by atoms with Crippen molar-refractivity contribution in [2.45, 2.75) is 32.9 Å². The van der Waals surface area contributed by atoms with Crippen LogP contribution in [-0.2, 0) is 13.0 Å². The maximum atomic E-state index is 12.0. The molecule has 2 aromatic heterocycles. The van der Waals surface area contributed by atoms with Crippen molar-refractivity contribution in [1.29, 1.82) is 0 Å². The molecule has 4 nitrogen and oxygen atoms in total. The van der Waals surface area contributed by atoms with Gasteiger partial charge in [0, 0.05) is 42.9 Å². The third-order valence-corrected chi connectivity index (χ3v) is 4.02. The van der Waals surface area contributed by atoms with Gasteiger partial charge in [-0.05, 0) is 31.7 Å². The van der Waals surface area contributed by atoms with Crippen molar-refractivity contribution in [2.24, 2.45) is 0 Å². The number of nitrogens with one attached hydrogen (secondary N) is 1. The van der Waals surface area contributed by atoms with Gasteiger partial charge >= 0.3 is 5.69 Å². The minimum absolute atomic E-state index is 0.0788. The second kappa shape index (κ2) is 6.73. The molecule has 0 amide bonds. The zero-order chi connectivity index (χ0) is 13.7. The van der Waals surface area contributed by atoms with Crippen molar-refractivity contribution >= 4 is 11.3 Å². The van der Waals surface area contributed by atoms with Crippen LogP contribution in [0.15, 0.2) is 34.7 Å². The molecule has 0 fully saturated rings. The van der Waals surface area contributed by atoms with E-state index in [1.807, 2.05) is 26.2 Å². The van der Waals surface area contributed by atoms with Crippen LogP contribution in [0.5, 0.6) is 0 Å². The van der Waals surface area contributed by atoms with E-state index in [9.17, 15) is 4.79 Å². The number of nitrogens with zero attached hydrogens (tertiary/aromatic N) is 2. The van der Waals surface area contributed by atoms with E-state index < -0.39 is 0 Å². The van der Waals surface area contributed by atoms with Gasteiger partial charge in [0.15, 0.2) is 0 Å². The molecule has 1 N–H and O–H groups in total. The van der Waals surface area contributed by atoms with Crippen molar-refractivity contribution in [1.82, 2.24) is 14.5 Å². The SMILES string of the molecule is CC(C)n1ccn(CCNCCc2cccs2)c1=O. The number of hydrogen-bond acceptors (Lipinski definition) is 3. The second-order valence-corrected chi connectivity index (χ2v) is 5.89. The van der Waals surface area contributed by atoms with Crippen LogP contribution in [0.25, 0.3) is 0 Å². The minimum Gasteiger partial charge on any atom is -0.315 e. The lowest BCUT2D eigenvalue weighted by Crippen LogP contribution is -2.29. The van der Waals surface area contributed by atoms with Crippen LogP contribution < -0.4 is 11.0 Å². The monoisotopic (exact) mass is 279 g/mol. The Kier molecular flexibility index (Phi) is 4.99. The van der Waals surface area contributed by atoms with E-state index in [0.29, 0.717) is 0 Å². The van der Waals surface area contributed by atoms with E-state index in [0.717, 1.165) is 26.1 Å². The molecule has 2 heterocycles. The van der Waals surface area contributed by atoms with Crippen LogP contribution >= 0.6 is 11.3 Å². The number of hydrogen-bond donors (Lipinski definition) is 1. The Bertz CT molecular complexity index is 539. The third-order valence-electron chi connectivity index (χ3n) is 3.09. The van der Waals surface area contributed by atoms with Crippen LogP contribution in [0.1, 0.15) is 24.8 Å². The largest absolute Gasteiger partial charge is 0.328 e. The molecule has 19 heavy (non-hydrogen) atoms. The molecule has 0 unspecified atom stereocenters. The first-order valence-corrected chi connectivity index (χ1v) is 7.57. The lowest BCUT2D eigenvalue weighted by Gasteiger charge is -2.06. The molecule has 2 rings (SSSR count). The second-order valence-electron chi connectivity index (χ2n) is 4.85. The summed E-state index contributed by atoms with van der Waals surface area (Å²) in [5, 5.41) is 5.48. The van der Waals surface area contributed by atoms with Gasteiger partial charge < -0.3 is 5.32 Å². The van der Waals surface area contributed by atoms with Crippen LogP contribution in [0.2, 0.25) is 0 Å².